The predicted octanol–water partition coefficient (Wildman–Crippen LogP) is 2.58. The van der Waals surface area contributed by atoms with Crippen LogP contribution in [0.5, 0.6) is 0 Å². The van der Waals surface area contributed by atoms with Crippen molar-refractivity contribution in [2.75, 3.05) is 18.5 Å². The van der Waals surface area contributed by atoms with Gasteiger partial charge in [0.05, 0.1) is 0 Å². The molecule has 3 atom stereocenters. The number of carbonyl (C=O) groups excluding carboxylic acids is 1. The molecule has 2 heterocycles. The summed E-state index contributed by atoms with van der Waals surface area (Å²) in [6, 6.07) is 0.423. The van der Waals surface area contributed by atoms with E-state index in [-0.39, 0.29) is 12.0 Å². The number of rotatable bonds is 3. The maximum absolute atomic E-state index is 12.5. The van der Waals surface area contributed by atoms with E-state index in [4.69, 9.17) is 4.74 Å². The first kappa shape index (κ1) is 13.3. The van der Waals surface area contributed by atoms with Gasteiger partial charge in [-0.15, -0.1) is 0 Å². The van der Waals surface area contributed by atoms with E-state index in [0.29, 0.717) is 12.0 Å². The number of hydrogen-bond donors (Lipinski definition) is 0. The van der Waals surface area contributed by atoms with E-state index < -0.39 is 0 Å². The van der Waals surface area contributed by atoms with Crippen molar-refractivity contribution >= 4 is 21.8 Å². The van der Waals surface area contributed by atoms with Gasteiger partial charge in [-0.05, 0) is 38.0 Å². The largest absolute Gasteiger partial charge is 0.368 e. The maximum atomic E-state index is 12.5. The number of halogens is 1. The normalized spacial score (nSPS) is 34.0. The van der Waals surface area contributed by atoms with E-state index in [1.807, 2.05) is 0 Å². The minimum atomic E-state index is -0.175. The molecule has 2 rings (SSSR count). The fourth-order valence-corrected chi connectivity index (χ4v) is 3.42. The van der Waals surface area contributed by atoms with Crippen molar-refractivity contribution in [3.8, 4) is 0 Å². The Morgan fingerprint density at radius 1 is 1.41 bits per heavy atom. The summed E-state index contributed by atoms with van der Waals surface area (Å²) in [6.45, 7) is 3.79. The lowest BCUT2D eigenvalue weighted by Crippen LogP contribution is -2.49. The SMILES string of the molecule is CC1CCOC1C(=O)N1CCCCC1CCBr. The Bertz CT molecular complexity index is 270. The Kier molecular flexibility index (Phi) is 4.86. The predicted molar refractivity (Wildman–Crippen MR) is 71.3 cm³/mol. The topological polar surface area (TPSA) is 29.5 Å². The van der Waals surface area contributed by atoms with Crippen molar-refractivity contribution in [3.63, 3.8) is 0 Å². The molecule has 3 unspecified atom stereocenters. The molecule has 0 saturated carbocycles. The van der Waals surface area contributed by atoms with E-state index in [1.54, 1.807) is 0 Å². The van der Waals surface area contributed by atoms with Crippen molar-refractivity contribution in [3.05, 3.63) is 0 Å². The summed E-state index contributed by atoms with van der Waals surface area (Å²) >= 11 is 3.49. The fraction of sp³-hybridized carbons (Fsp3) is 0.923. The van der Waals surface area contributed by atoms with Crippen LogP contribution in [0.3, 0.4) is 0 Å². The molecule has 0 bridgehead atoms. The molecule has 17 heavy (non-hydrogen) atoms. The van der Waals surface area contributed by atoms with Gasteiger partial charge in [-0.2, -0.15) is 0 Å². The smallest absolute Gasteiger partial charge is 0.252 e. The monoisotopic (exact) mass is 303 g/mol. The molecular formula is C13H22BrNO2. The Hall–Kier alpha value is -0.0900. The third-order valence-electron chi connectivity index (χ3n) is 3.98. The number of alkyl halides is 1. The fourth-order valence-electron chi connectivity index (χ4n) is 2.89. The number of piperidine rings is 1. The lowest BCUT2D eigenvalue weighted by atomic mass is 9.96. The molecule has 0 aromatic heterocycles. The van der Waals surface area contributed by atoms with Crippen LogP contribution in [0.2, 0.25) is 0 Å². The first-order valence-corrected chi connectivity index (χ1v) is 7.84. The van der Waals surface area contributed by atoms with Gasteiger partial charge in [-0.3, -0.25) is 4.79 Å². The highest BCUT2D eigenvalue weighted by Gasteiger charge is 2.37. The highest BCUT2D eigenvalue weighted by atomic mass is 79.9. The van der Waals surface area contributed by atoms with Crippen LogP contribution in [0.15, 0.2) is 0 Å². The van der Waals surface area contributed by atoms with Crippen molar-refractivity contribution in [2.45, 2.75) is 51.2 Å². The van der Waals surface area contributed by atoms with Crippen molar-refractivity contribution < 1.29 is 9.53 Å². The van der Waals surface area contributed by atoms with Gasteiger partial charge in [0.2, 0.25) is 0 Å². The molecule has 0 aromatic carbocycles. The quantitative estimate of drug-likeness (QED) is 0.750. The van der Waals surface area contributed by atoms with Crippen LogP contribution < -0.4 is 0 Å². The van der Waals surface area contributed by atoms with Crippen LogP contribution in [0, 0.1) is 5.92 Å². The second kappa shape index (κ2) is 6.19. The van der Waals surface area contributed by atoms with E-state index in [0.717, 1.165) is 44.2 Å². The van der Waals surface area contributed by atoms with Crippen LogP contribution in [-0.2, 0) is 9.53 Å². The van der Waals surface area contributed by atoms with Gasteiger partial charge in [0.1, 0.15) is 6.10 Å². The summed E-state index contributed by atoms with van der Waals surface area (Å²) in [5.74, 6) is 0.620. The maximum Gasteiger partial charge on any atom is 0.252 e. The number of carbonyl (C=O) groups is 1. The van der Waals surface area contributed by atoms with Gasteiger partial charge in [-0.1, -0.05) is 22.9 Å². The van der Waals surface area contributed by atoms with E-state index in [1.165, 1.54) is 6.42 Å². The summed E-state index contributed by atoms with van der Waals surface area (Å²) < 4.78 is 5.60. The highest BCUT2D eigenvalue weighted by Crippen LogP contribution is 2.27. The molecule has 3 nitrogen and oxygen atoms in total. The van der Waals surface area contributed by atoms with Crippen molar-refractivity contribution in [2.24, 2.45) is 5.92 Å². The van der Waals surface area contributed by atoms with Crippen LogP contribution in [0.4, 0.5) is 0 Å². The molecule has 2 aliphatic rings. The standard InChI is InChI=1S/C13H22BrNO2/c1-10-6-9-17-12(10)13(16)15-8-3-2-4-11(15)5-7-14/h10-12H,2-9H2,1H3. The van der Waals surface area contributed by atoms with Crippen LogP contribution in [0.25, 0.3) is 0 Å². The molecular weight excluding hydrogens is 282 g/mol. The molecule has 0 radical (unpaired) electrons. The molecule has 0 spiro atoms. The zero-order valence-corrected chi connectivity index (χ0v) is 12.1. The Morgan fingerprint density at radius 3 is 2.88 bits per heavy atom. The highest BCUT2D eigenvalue weighted by molar-refractivity contribution is 9.09. The van der Waals surface area contributed by atoms with E-state index in [9.17, 15) is 4.79 Å². The number of nitrogens with zero attached hydrogens (tertiary/aromatic N) is 1. The average Bonchev–Trinajstić information content (AvgIpc) is 2.76. The molecule has 0 N–H and O–H groups in total. The molecule has 4 heteroatoms. The van der Waals surface area contributed by atoms with Gasteiger partial charge in [0, 0.05) is 24.5 Å². The summed E-state index contributed by atoms with van der Waals surface area (Å²) in [5, 5.41) is 0.975. The van der Waals surface area contributed by atoms with Crippen LogP contribution >= 0.6 is 15.9 Å². The summed E-state index contributed by atoms with van der Waals surface area (Å²) in [7, 11) is 0. The third kappa shape index (κ3) is 3.02. The minimum absolute atomic E-state index is 0.175. The van der Waals surface area contributed by atoms with Gasteiger partial charge in [0.15, 0.2) is 0 Å². The van der Waals surface area contributed by atoms with Crippen molar-refractivity contribution in [1.82, 2.24) is 4.90 Å². The minimum Gasteiger partial charge on any atom is -0.368 e. The van der Waals surface area contributed by atoms with Crippen LogP contribution in [-0.4, -0.2) is 41.4 Å². The molecule has 1 amide bonds. The lowest BCUT2D eigenvalue weighted by Gasteiger charge is -2.37. The van der Waals surface area contributed by atoms with Gasteiger partial charge >= 0.3 is 0 Å². The first-order chi connectivity index (χ1) is 8.24. The van der Waals surface area contributed by atoms with Gasteiger partial charge in [0.25, 0.3) is 5.91 Å². The third-order valence-corrected chi connectivity index (χ3v) is 4.44. The number of ether oxygens (including phenoxy) is 1. The zero-order valence-electron chi connectivity index (χ0n) is 10.5. The first-order valence-electron chi connectivity index (χ1n) is 6.72. The molecule has 2 fully saturated rings. The summed E-state index contributed by atoms with van der Waals surface area (Å²) in [4.78, 5) is 14.6. The lowest BCUT2D eigenvalue weighted by molar-refractivity contribution is -0.146. The molecule has 0 aromatic rings. The summed E-state index contributed by atoms with van der Waals surface area (Å²) in [5.41, 5.74) is 0. The number of hydrogen-bond acceptors (Lipinski definition) is 2. The zero-order chi connectivity index (χ0) is 12.3. The Labute approximate surface area is 112 Å². The number of likely N-dealkylation sites (tertiary alicyclic amines) is 1. The van der Waals surface area contributed by atoms with Gasteiger partial charge < -0.3 is 9.64 Å². The molecule has 2 saturated heterocycles. The second-order valence-electron chi connectivity index (χ2n) is 5.22. The number of amides is 1. The Morgan fingerprint density at radius 2 is 2.24 bits per heavy atom. The molecule has 0 aliphatic carbocycles. The molecule has 2 aliphatic heterocycles. The Balaban J connectivity index is 2.00. The van der Waals surface area contributed by atoms with Crippen molar-refractivity contribution in [1.29, 1.82) is 0 Å². The molecule has 98 valence electrons. The second-order valence-corrected chi connectivity index (χ2v) is 6.01. The van der Waals surface area contributed by atoms with Crippen LogP contribution in [0.1, 0.15) is 39.0 Å². The van der Waals surface area contributed by atoms with E-state index >= 15 is 0 Å². The van der Waals surface area contributed by atoms with E-state index in [2.05, 4.69) is 27.8 Å². The average molecular weight is 304 g/mol. The van der Waals surface area contributed by atoms with Gasteiger partial charge in [-0.25, -0.2) is 0 Å². The summed E-state index contributed by atoms with van der Waals surface area (Å²) in [6.07, 6.45) is 5.46.